The van der Waals surface area contributed by atoms with Gasteiger partial charge in [0.25, 0.3) is 15.9 Å². The van der Waals surface area contributed by atoms with Gasteiger partial charge in [0.2, 0.25) is 11.8 Å². The fraction of sp³-hybridized carbons (Fsp3) is 0.370. The van der Waals surface area contributed by atoms with Crippen LogP contribution in [0.5, 0.6) is 0 Å². The molecular weight excluding hydrogens is 494 g/mol. The van der Waals surface area contributed by atoms with E-state index in [9.17, 15) is 18.0 Å². The quantitative estimate of drug-likeness (QED) is 0.461. The topological polar surface area (TPSA) is 128 Å². The molecule has 9 nitrogen and oxygen atoms in total. The number of sulfonamides is 1. The molecule has 2 N–H and O–H groups in total. The Morgan fingerprint density at radius 3 is 2.46 bits per heavy atom. The largest absolute Gasteiger partial charge is 0.441 e. The molecule has 1 saturated carbocycles. The molecule has 0 atom stereocenters. The van der Waals surface area contributed by atoms with E-state index < -0.39 is 15.9 Å². The zero-order valence-corrected chi connectivity index (χ0v) is 21.8. The number of rotatable bonds is 8. The van der Waals surface area contributed by atoms with Crippen LogP contribution in [-0.2, 0) is 26.1 Å². The van der Waals surface area contributed by atoms with Gasteiger partial charge in [-0.25, -0.2) is 18.1 Å². The van der Waals surface area contributed by atoms with Crippen molar-refractivity contribution in [1.29, 1.82) is 0 Å². The number of aryl methyl sites for hydroxylation is 2. The van der Waals surface area contributed by atoms with E-state index in [0.29, 0.717) is 35.1 Å². The van der Waals surface area contributed by atoms with Crippen molar-refractivity contribution in [2.75, 3.05) is 6.61 Å². The van der Waals surface area contributed by atoms with Gasteiger partial charge in [-0.2, -0.15) is 0 Å². The minimum absolute atomic E-state index is 0.0455. The van der Waals surface area contributed by atoms with E-state index in [0.717, 1.165) is 18.4 Å². The summed E-state index contributed by atoms with van der Waals surface area (Å²) in [4.78, 5) is 29.7. The second kappa shape index (κ2) is 9.11. The monoisotopic (exact) mass is 523 g/mol. The average Bonchev–Trinajstić information content (AvgIpc) is 3.46. The van der Waals surface area contributed by atoms with Crippen molar-refractivity contribution in [3.8, 4) is 11.5 Å². The minimum atomic E-state index is -4.08. The Kier molecular flexibility index (Phi) is 6.19. The molecule has 0 unspecified atom stereocenters. The molecule has 2 aliphatic heterocycles. The number of hydrogen-bond donors (Lipinski definition) is 2. The first-order valence-corrected chi connectivity index (χ1v) is 13.6. The molecule has 2 bridgehead atoms. The molecule has 1 aromatic heterocycles. The molecule has 6 rings (SSSR count). The van der Waals surface area contributed by atoms with Crippen molar-refractivity contribution in [1.82, 2.24) is 15.0 Å². The molecule has 3 heterocycles. The third kappa shape index (κ3) is 5.03. The summed E-state index contributed by atoms with van der Waals surface area (Å²) in [6.45, 7) is 6.00. The van der Waals surface area contributed by atoms with Gasteiger partial charge < -0.3 is 14.5 Å². The summed E-state index contributed by atoms with van der Waals surface area (Å²) >= 11 is 0. The second-order valence-corrected chi connectivity index (χ2v) is 12.0. The van der Waals surface area contributed by atoms with Crippen LogP contribution >= 0.6 is 0 Å². The number of ether oxygens (including phenoxy) is 1. The van der Waals surface area contributed by atoms with Gasteiger partial charge in [-0.3, -0.25) is 9.59 Å². The van der Waals surface area contributed by atoms with Crippen molar-refractivity contribution < 1.29 is 27.2 Å². The number of benzene rings is 2. The van der Waals surface area contributed by atoms with Crippen LogP contribution in [0.1, 0.15) is 53.6 Å². The number of nitrogens with zero attached hydrogens (tertiary/aromatic N) is 1. The summed E-state index contributed by atoms with van der Waals surface area (Å²) in [7, 11) is -4.08. The van der Waals surface area contributed by atoms with Crippen LogP contribution in [0.25, 0.3) is 11.5 Å². The molecule has 3 aromatic rings. The maximum absolute atomic E-state index is 12.9. The third-order valence-corrected chi connectivity index (χ3v) is 8.60. The zero-order chi connectivity index (χ0) is 26.4. The van der Waals surface area contributed by atoms with E-state index in [1.54, 1.807) is 13.8 Å². The minimum Gasteiger partial charge on any atom is -0.441 e. The highest BCUT2D eigenvalue weighted by Gasteiger charge is 2.60. The third-order valence-electron chi connectivity index (χ3n) is 7.06. The Balaban J connectivity index is 1.21. The van der Waals surface area contributed by atoms with Crippen molar-refractivity contribution in [2.24, 2.45) is 5.41 Å². The highest BCUT2D eigenvalue weighted by Crippen LogP contribution is 2.59. The lowest BCUT2D eigenvalue weighted by molar-refractivity contribution is -0.122. The average molecular weight is 524 g/mol. The van der Waals surface area contributed by atoms with Gasteiger partial charge >= 0.3 is 0 Å². The molecule has 0 spiro atoms. The van der Waals surface area contributed by atoms with Gasteiger partial charge in [0.15, 0.2) is 0 Å². The molecule has 37 heavy (non-hydrogen) atoms. The van der Waals surface area contributed by atoms with Gasteiger partial charge in [0.1, 0.15) is 11.5 Å². The number of aromatic nitrogens is 1. The molecule has 0 radical (unpaired) electrons. The van der Waals surface area contributed by atoms with Crippen LogP contribution in [-0.4, -0.2) is 37.4 Å². The van der Waals surface area contributed by atoms with Crippen molar-refractivity contribution in [3.05, 3.63) is 71.1 Å². The van der Waals surface area contributed by atoms with Crippen LogP contribution in [0.4, 0.5) is 0 Å². The predicted molar refractivity (Wildman–Crippen MR) is 135 cm³/mol. The Morgan fingerprint density at radius 2 is 1.81 bits per heavy atom. The van der Waals surface area contributed by atoms with E-state index in [4.69, 9.17) is 9.15 Å². The van der Waals surface area contributed by atoms with Gasteiger partial charge in [0.05, 0.1) is 23.6 Å². The molecule has 2 aromatic carbocycles. The summed E-state index contributed by atoms with van der Waals surface area (Å²) < 4.78 is 39.4. The summed E-state index contributed by atoms with van der Waals surface area (Å²) in [5, 5.41) is 2.80. The molecule has 194 valence electrons. The van der Waals surface area contributed by atoms with E-state index in [1.807, 2.05) is 37.3 Å². The first-order chi connectivity index (χ1) is 17.5. The maximum Gasteiger partial charge on any atom is 0.264 e. The second-order valence-electron chi connectivity index (χ2n) is 10.3. The normalized spacial score (nSPS) is 22.4. The van der Waals surface area contributed by atoms with Crippen molar-refractivity contribution >= 4 is 21.8 Å². The fourth-order valence-electron chi connectivity index (χ4n) is 5.48. The van der Waals surface area contributed by atoms with E-state index in [-0.39, 0.29) is 34.8 Å². The SMILES string of the molecule is Cc1cc(C(=O)NCc2nc(-c3ccccc3)oc2C)ccc1S(=O)(=O)NC(=O)CC12COC(C)(C1)C2. The molecule has 2 amide bonds. The first kappa shape index (κ1) is 25.2. The number of nitrogens with one attached hydrogen (secondary N) is 2. The number of carbonyl (C=O) groups excluding carboxylic acids is 2. The number of hydrogen-bond acceptors (Lipinski definition) is 7. The molecule has 3 aliphatic rings. The highest BCUT2D eigenvalue weighted by atomic mass is 32.2. The smallest absolute Gasteiger partial charge is 0.264 e. The van der Waals surface area contributed by atoms with Crippen molar-refractivity contribution in [2.45, 2.75) is 57.1 Å². The van der Waals surface area contributed by atoms with Crippen molar-refractivity contribution in [3.63, 3.8) is 0 Å². The Morgan fingerprint density at radius 1 is 1.08 bits per heavy atom. The Hall–Kier alpha value is -3.50. The maximum atomic E-state index is 12.9. The number of oxazole rings is 1. The van der Waals surface area contributed by atoms with E-state index in [2.05, 4.69) is 15.0 Å². The lowest BCUT2D eigenvalue weighted by atomic mass is 9.61. The molecule has 1 aliphatic carbocycles. The van der Waals surface area contributed by atoms with Crippen LogP contribution < -0.4 is 10.0 Å². The number of amides is 2. The Labute approximate surface area is 215 Å². The lowest BCUT2D eigenvalue weighted by Gasteiger charge is -2.41. The summed E-state index contributed by atoms with van der Waals surface area (Å²) in [5.41, 5.74) is 1.64. The number of fused-ring (bicyclic) bond motifs is 1. The Bertz CT molecular complexity index is 1470. The molecule has 3 fully saturated rings. The zero-order valence-electron chi connectivity index (χ0n) is 21.0. The summed E-state index contributed by atoms with van der Waals surface area (Å²) in [6.07, 6.45) is 1.63. The molecular formula is C27H29N3O6S. The van der Waals surface area contributed by atoms with Crippen LogP contribution in [0.2, 0.25) is 0 Å². The van der Waals surface area contributed by atoms with Gasteiger partial charge in [-0.05, 0) is 69.5 Å². The molecule has 2 saturated heterocycles. The molecule has 10 heteroatoms. The van der Waals surface area contributed by atoms with Gasteiger partial charge in [0, 0.05) is 23.0 Å². The van der Waals surface area contributed by atoms with Crippen LogP contribution in [0, 0.1) is 19.3 Å². The van der Waals surface area contributed by atoms with Gasteiger partial charge in [-0.1, -0.05) is 18.2 Å². The van der Waals surface area contributed by atoms with Crippen LogP contribution in [0.3, 0.4) is 0 Å². The number of carbonyl (C=O) groups is 2. The van der Waals surface area contributed by atoms with Crippen LogP contribution in [0.15, 0.2) is 57.8 Å². The summed E-state index contributed by atoms with van der Waals surface area (Å²) in [6, 6.07) is 13.7. The summed E-state index contributed by atoms with van der Waals surface area (Å²) in [5.74, 6) is 0.142. The van der Waals surface area contributed by atoms with Gasteiger partial charge in [-0.15, -0.1) is 0 Å². The van der Waals surface area contributed by atoms with E-state index >= 15 is 0 Å². The first-order valence-electron chi connectivity index (χ1n) is 12.1. The fourth-order valence-corrected chi connectivity index (χ4v) is 6.69. The lowest BCUT2D eigenvalue weighted by Crippen LogP contribution is -2.45. The standard InChI is InChI=1S/C27H29N3O6S/c1-17-11-20(24(32)28-13-21-18(2)36-25(29-21)19-7-5-4-6-8-19)9-10-22(17)37(33,34)30-23(31)12-27-14-26(3,15-27)35-16-27/h4-11H,12-16H2,1-3H3,(H,28,32)(H,30,31). The predicted octanol–water partition coefficient (Wildman–Crippen LogP) is 3.65. The highest BCUT2D eigenvalue weighted by molar-refractivity contribution is 7.90. The van der Waals surface area contributed by atoms with E-state index in [1.165, 1.54) is 18.2 Å².